The third-order valence-electron chi connectivity index (χ3n) is 2.23. The minimum Gasteiger partial charge on any atom is -0.373 e. The lowest BCUT2D eigenvalue weighted by Crippen LogP contribution is -2.28. The summed E-state index contributed by atoms with van der Waals surface area (Å²) in [5.74, 6) is -0.0785. The molecule has 0 aliphatic carbocycles. The molecule has 0 saturated heterocycles. The van der Waals surface area contributed by atoms with Crippen molar-refractivity contribution in [2.24, 2.45) is 0 Å². The number of carbonyl (C=O) groups is 1. The van der Waals surface area contributed by atoms with E-state index in [4.69, 9.17) is 5.26 Å². The number of carbonyl (C=O) groups excluding carboxylic acids is 1. The van der Waals surface area contributed by atoms with Gasteiger partial charge in [-0.3, -0.25) is 4.79 Å². The van der Waals surface area contributed by atoms with Crippen molar-refractivity contribution >= 4 is 17.3 Å². The van der Waals surface area contributed by atoms with E-state index < -0.39 is 0 Å². The Morgan fingerprint density at radius 2 is 2.29 bits per heavy atom. The molecule has 1 aromatic carbocycles. The Labute approximate surface area is 81.5 Å². The van der Waals surface area contributed by atoms with E-state index in [1.54, 1.807) is 6.07 Å². The number of fused-ring (bicyclic) bond motifs is 1. The molecule has 1 heterocycles. The number of hydrogen-bond acceptors (Lipinski definition) is 3. The molecule has 0 atom stereocenters. The Kier molecular flexibility index (Phi) is 1.86. The largest absolute Gasteiger partial charge is 0.373 e. The van der Waals surface area contributed by atoms with Crippen LogP contribution in [0, 0.1) is 18.3 Å². The molecule has 4 nitrogen and oxygen atoms in total. The van der Waals surface area contributed by atoms with Gasteiger partial charge in [-0.05, 0) is 18.6 Å². The molecule has 0 fully saturated rings. The van der Waals surface area contributed by atoms with Crippen molar-refractivity contribution < 1.29 is 4.79 Å². The summed E-state index contributed by atoms with van der Waals surface area (Å²) in [6, 6.07) is 5.75. The highest BCUT2D eigenvalue weighted by molar-refractivity contribution is 6.01. The van der Waals surface area contributed by atoms with Gasteiger partial charge < -0.3 is 10.6 Å². The first-order valence-corrected chi connectivity index (χ1v) is 4.30. The maximum absolute atomic E-state index is 11.1. The van der Waals surface area contributed by atoms with Gasteiger partial charge in [0, 0.05) is 0 Å². The van der Waals surface area contributed by atoms with Crippen molar-refractivity contribution in [1.82, 2.24) is 0 Å². The average molecular weight is 187 g/mol. The number of nitrogens with one attached hydrogen (secondary N) is 2. The fourth-order valence-electron chi connectivity index (χ4n) is 1.50. The second-order valence-corrected chi connectivity index (χ2v) is 3.19. The predicted octanol–water partition coefficient (Wildman–Crippen LogP) is 1.23. The zero-order chi connectivity index (χ0) is 10.1. The third kappa shape index (κ3) is 1.19. The standard InChI is InChI=1S/C10H9N3O/c1-6-2-3-8-10(7(6)4-11)12-5-9(14)13-8/h2-3,12H,5H2,1H3,(H,13,14). The van der Waals surface area contributed by atoms with Gasteiger partial charge in [-0.25, -0.2) is 0 Å². The fraction of sp³-hybridized carbons (Fsp3) is 0.200. The molecule has 0 radical (unpaired) electrons. The number of hydrogen-bond donors (Lipinski definition) is 2. The van der Waals surface area contributed by atoms with Gasteiger partial charge in [0.05, 0.1) is 23.5 Å². The summed E-state index contributed by atoms with van der Waals surface area (Å²) in [5, 5.41) is 14.6. The van der Waals surface area contributed by atoms with Crippen LogP contribution in [0.1, 0.15) is 11.1 Å². The Hall–Kier alpha value is -2.02. The quantitative estimate of drug-likeness (QED) is 0.642. The van der Waals surface area contributed by atoms with Crippen LogP contribution in [0.25, 0.3) is 0 Å². The summed E-state index contributed by atoms with van der Waals surface area (Å²) in [4.78, 5) is 11.1. The number of amides is 1. The van der Waals surface area contributed by atoms with Crippen LogP contribution in [0.15, 0.2) is 12.1 Å². The number of benzene rings is 1. The van der Waals surface area contributed by atoms with Gasteiger partial charge in [0.2, 0.25) is 5.91 Å². The minimum absolute atomic E-state index is 0.0785. The first-order valence-electron chi connectivity index (χ1n) is 4.30. The molecule has 0 saturated carbocycles. The molecule has 1 aliphatic rings. The first-order chi connectivity index (χ1) is 6.72. The van der Waals surface area contributed by atoms with Gasteiger partial charge in [0.15, 0.2) is 0 Å². The van der Waals surface area contributed by atoms with Crippen LogP contribution in [0.3, 0.4) is 0 Å². The molecule has 1 amide bonds. The Morgan fingerprint density at radius 3 is 3.00 bits per heavy atom. The van der Waals surface area contributed by atoms with E-state index in [1.807, 2.05) is 13.0 Å². The Bertz CT molecular complexity index is 445. The van der Waals surface area contributed by atoms with Crippen molar-refractivity contribution in [1.29, 1.82) is 5.26 Å². The van der Waals surface area contributed by atoms with Gasteiger partial charge >= 0.3 is 0 Å². The van der Waals surface area contributed by atoms with Crippen LogP contribution in [-0.4, -0.2) is 12.5 Å². The number of rotatable bonds is 0. The molecule has 0 aromatic heterocycles. The second kappa shape index (κ2) is 3.04. The molecule has 4 heteroatoms. The van der Waals surface area contributed by atoms with Crippen molar-refractivity contribution in [2.75, 3.05) is 17.2 Å². The molecule has 1 aliphatic heterocycles. The minimum atomic E-state index is -0.0785. The van der Waals surface area contributed by atoms with Crippen molar-refractivity contribution in [3.05, 3.63) is 23.3 Å². The SMILES string of the molecule is Cc1ccc2c(c1C#N)NCC(=O)N2. The van der Waals surface area contributed by atoms with E-state index in [2.05, 4.69) is 16.7 Å². The van der Waals surface area contributed by atoms with Gasteiger partial charge in [0.25, 0.3) is 0 Å². The van der Waals surface area contributed by atoms with Crippen LogP contribution in [0.4, 0.5) is 11.4 Å². The van der Waals surface area contributed by atoms with E-state index in [0.29, 0.717) is 11.3 Å². The van der Waals surface area contributed by atoms with Gasteiger partial charge in [-0.1, -0.05) is 6.07 Å². The molecule has 1 aromatic rings. The average Bonchev–Trinajstić information content (AvgIpc) is 2.18. The highest BCUT2D eigenvalue weighted by Crippen LogP contribution is 2.30. The van der Waals surface area contributed by atoms with Crippen molar-refractivity contribution in [2.45, 2.75) is 6.92 Å². The molecule has 0 spiro atoms. The molecule has 0 bridgehead atoms. The van der Waals surface area contributed by atoms with E-state index in [0.717, 1.165) is 11.3 Å². The van der Waals surface area contributed by atoms with Crippen LogP contribution in [0.5, 0.6) is 0 Å². The molecule has 70 valence electrons. The molecule has 0 unspecified atom stereocenters. The zero-order valence-corrected chi connectivity index (χ0v) is 7.72. The van der Waals surface area contributed by atoms with Gasteiger partial charge in [0.1, 0.15) is 6.07 Å². The van der Waals surface area contributed by atoms with Crippen LogP contribution in [0.2, 0.25) is 0 Å². The Morgan fingerprint density at radius 1 is 1.50 bits per heavy atom. The van der Waals surface area contributed by atoms with E-state index in [-0.39, 0.29) is 12.5 Å². The van der Waals surface area contributed by atoms with Crippen LogP contribution < -0.4 is 10.6 Å². The molecular weight excluding hydrogens is 178 g/mol. The summed E-state index contributed by atoms with van der Waals surface area (Å²) in [6.45, 7) is 2.10. The van der Waals surface area contributed by atoms with E-state index in [9.17, 15) is 4.79 Å². The predicted molar refractivity (Wildman–Crippen MR) is 53.0 cm³/mol. The normalized spacial score (nSPS) is 13.6. The molecular formula is C10H9N3O. The molecule has 2 rings (SSSR count). The summed E-state index contributed by atoms with van der Waals surface area (Å²) in [7, 11) is 0. The summed E-state index contributed by atoms with van der Waals surface area (Å²) < 4.78 is 0. The lowest BCUT2D eigenvalue weighted by Gasteiger charge is -2.20. The number of anilines is 2. The third-order valence-corrected chi connectivity index (χ3v) is 2.23. The highest BCUT2D eigenvalue weighted by Gasteiger charge is 2.17. The maximum Gasteiger partial charge on any atom is 0.243 e. The summed E-state index contributed by atoms with van der Waals surface area (Å²) >= 11 is 0. The summed E-state index contributed by atoms with van der Waals surface area (Å²) in [5.41, 5.74) is 2.92. The van der Waals surface area contributed by atoms with Gasteiger partial charge in [-0.2, -0.15) is 5.26 Å². The topological polar surface area (TPSA) is 64.9 Å². The first kappa shape index (κ1) is 8.57. The zero-order valence-electron chi connectivity index (χ0n) is 7.72. The maximum atomic E-state index is 11.1. The molecule has 14 heavy (non-hydrogen) atoms. The van der Waals surface area contributed by atoms with Crippen molar-refractivity contribution in [3.8, 4) is 6.07 Å². The fourth-order valence-corrected chi connectivity index (χ4v) is 1.50. The van der Waals surface area contributed by atoms with Crippen LogP contribution in [-0.2, 0) is 4.79 Å². The number of nitriles is 1. The van der Waals surface area contributed by atoms with Gasteiger partial charge in [-0.15, -0.1) is 0 Å². The molecule has 2 N–H and O–H groups in total. The monoisotopic (exact) mass is 187 g/mol. The number of aryl methyl sites for hydroxylation is 1. The van der Waals surface area contributed by atoms with Crippen molar-refractivity contribution in [3.63, 3.8) is 0 Å². The second-order valence-electron chi connectivity index (χ2n) is 3.19. The van der Waals surface area contributed by atoms with Crippen LogP contribution >= 0.6 is 0 Å². The lowest BCUT2D eigenvalue weighted by molar-refractivity contribution is -0.114. The van der Waals surface area contributed by atoms with E-state index in [1.165, 1.54) is 0 Å². The van der Waals surface area contributed by atoms with E-state index >= 15 is 0 Å². The summed E-state index contributed by atoms with van der Waals surface area (Å²) in [6.07, 6.45) is 0. The smallest absolute Gasteiger partial charge is 0.243 e. The Balaban J connectivity index is 2.59. The highest BCUT2D eigenvalue weighted by atomic mass is 16.2. The number of nitrogens with zero attached hydrogens (tertiary/aromatic N) is 1. The lowest BCUT2D eigenvalue weighted by atomic mass is 10.0.